The van der Waals surface area contributed by atoms with Gasteiger partial charge in [0.15, 0.2) is 0 Å². The molecule has 1 heterocycles. The molecule has 0 bridgehead atoms. The van der Waals surface area contributed by atoms with Gasteiger partial charge in [-0.25, -0.2) is 0 Å². The molecule has 0 saturated heterocycles. The number of benzene rings is 1. The van der Waals surface area contributed by atoms with Gasteiger partial charge in [-0.15, -0.1) is 0 Å². The molecule has 1 amide bonds. The summed E-state index contributed by atoms with van der Waals surface area (Å²) in [7, 11) is 0. The van der Waals surface area contributed by atoms with Gasteiger partial charge in [-0.3, -0.25) is 9.59 Å². The van der Waals surface area contributed by atoms with E-state index in [1.807, 2.05) is 0 Å². The Morgan fingerprint density at radius 2 is 1.88 bits per heavy atom. The Balaban J connectivity index is 2.71. The third-order valence-corrected chi connectivity index (χ3v) is 2.61. The second-order valence-corrected chi connectivity index (χ2v) is 3.58. The van der Waals surface area contributed by atoms with Crippen LogP contribution in [-0.4, -0.2) is 18.2 Å². The molecule has 0 fully saturated rings. The summed E-state index contributed by atoms with van der Waals surface area (Å²) in [6.07, 6.45) is -4.58. The lowest BCUT2D eigenvalue weighted by atomic mass is 10.1. The Kier molecular flexibility index (Phi) is 2.45. The molecule has 90 valence electrons. The van der Waals surface area contributed by atoms with Crippen molar-refractivity contribution < 1.29 is 22.8 Å². The first-order chi connectivity index (χ1) is 7.88. The van der Waals surface area contributed by atoms with Crippen molar-refractivity contribution in [2.75, 3.05) is 11.4 Å². The van der Waals surface area contributed by atoms with Crippen LogP contribution < -0.4 is 4.90 Å². The maximum atomic E-state index is 12.8. The summed E-state index contributed by atoms with van der Waals surface area (Å²) in [5.41, 5.74) is -1.44. The maximum Gasteiger partial charge on any atom is 0.418 e. The SMILES string of the molecule is CCN1C(=O)C(=O)c2cccc(C(F)(F)F)c21. The van der Waals surface area contributed by atoms with Crippen LogP contribution in [0.15, 0.2) is 18.2 Å². The number of hydrogen-bond donors (Lipinski definition) is 0. The van der Waals surface area contributed by atoms with Crippen LogP contribution in [0.5, 0.6) is 0 Å². The lowest BCUT2D eigenvalue weighted by molar-refractivity contribution is -0.137. The normalized spacial score (nSPS) is 15.4. The highest BCUT2D eigenvalue weighted by atomic mass is 19.4. The molecule has 0 unspecified atom stereocenters. The zero-order valence-electron chi connectivity index (χ0n) is 8.84. The molecule has 0 N–H and O–H groups in total. The average Bonchev–Trinajstić information content (AvgIpc) is 2.50. The van der Waals surface area contributed by atoms with Crippen LogP contribution in [-0.2, 0) is 11.0 Å². The number of anilines is 1. The largest absolute Gasteiger partial charge is 0.418 e. The summed E-state index contributed by atoms with van der Waals surface area (Å²) < 4.78 is 38.3. The van der Waals surface area contributed by atoms with Crippen LogP contribution in [0.25, 0.3) is 0 Å². The number of para-hydroxylation sites is 1. The average molecular weight is 243 g/mol. The van der Waals surface area contributed by atoms with E-state index < -0.39 is 23.4 Å². The quantitative estimate of drug-likeness (QED) is 0.709. The molecule has 1 aromatic rings. The lowest BCUT2D eigenvalue weighted by Gasteiger charge is -2.18. The summed E-state index contributed by atoms with van der Waals surface area (Å²) in [6, 6.07) is 3.24. The predicted octanol–water partition coefficient (Wildman–Crippen LogP) is 2.25. The maximum absolute atomic E-state index is 12.8. The van der Waals surface area contributed by atoms with E-state index in [1.165, 1.54) is 13.0 Å². The van der Waals surface area contributed by atoms with Gasteiger partial charge >= 0.3 is 6.18 Å². The van der Waals surface area contributed by atoms with Gasteiger partial charge < -0.3 is 4.90 Å². The van der Waals surface area contributed by atoms with Crippen LogP contribution in [0.2, 0.25) is 0 Å². The number of halogens is 3. The fourth-order valence-electron chi connectivity index (χ4n) is 1.89. The third kappa shape index (κ3) is 1.60. The van der Waals surface area contributed by atoms with Gasteiger partial charge in [-0.1, -0.05) is 6.07 Å². The number of hydrogen-bond acceptors (Lipinski definition) is 2. The minimum Gasteiger partial charge on any atom is -0.304 e. The van der Waals surface area contributed by atoms with E-state index in [2.05, 4.69) is 0 Å². The summed E-state index contributed by atoms with van der Waals surface area (Å²) >= 11 is 0. The van der Waals surface area contributed by atoms with E-state index in [0.29, 0.717) is 0 Å². The van der Waals surface area contributed by atoms with Crippen molar-refractivity contribution in [2.24, 2.45) is 0 Å². The van der Waals surface area contributed by atoms with E-state index >= 15 is 0 Å². The van der Waals surface area contributed by atoms with Crippen molar-refractivity contribution in [3.63, 3.8) is 0 Å². The predicted molar refractivity (Wildman–Crippen MR) is 53.8 cm³/mol. The second-order valence-electron chi connectivity index (χ2n) is 3.58. The van der Waals surface area contributed by atoms with E-state index in [0.717, 1.165) is 17.0 Å². The van der Waals surface area contributed by atoms with Crippen molar-refractivity contribution in [1.82, 2.24) is 0 Å². The van der Waals surface area contributed by atoms with Gasteiger partial charge in [0.1, 0.15) is 0 Å². The van der Waals surface area contributed by atoms with Gasteiger partial charge in [0, 0.05) is 6.54 Å². The van der Waals surface area contributed by atoms with Crippen LogP contribution in [0.1, 0.15) is 22.8 Å². The Bertz CT molecular complexity index is 508. The number of Topliss-reactive ketones (excluding diaryl/α,β-unsaturated/α-hetero) is 1. The lowest BCUT2D eigenvalue weighted by Crippen LogP contribution is -2.30. The van der Waals surface area contributed by atoms with Crippen LogP contribution >= 0.6 is 0 Å². The van der Waals surface area contributed by atoms with E-state index in [4.69, 9.17) is 0 Å². The summed E-state index contributed by atoms with van der Waals surface area (Å²) in [4.78, 5) is 23.8. The topological polar surface area (TPSA) is 37.4 Å². The summed E-state index contributed by atoms with van der Waals surface area (Å²) in [6.45, 7) is 1.55. The van der Waals surface area contributed by atoms with Gasteiger partial charge in [0.2, 0.25) is 0 Å². The molecule has 0 radical (unpaired) electrons. The Hall–Kier alpha value is -1.85. The highest BCUT2D eigenvalue weighted by Crippen LogP contribution is 2.41. The van der Waals surface area contributed by atoms with Gasteiger partial charge in [0.05, 0.1) is 16.8 Å². The highest BCUT2D eigenvalue weighted by molar-refractivity contribution is 6.52. The number of nitrogens with zero attached hydrogens (tertiary/aromatic N) is 1. The first kappa shape index (κ1) is 11.6. The molecule has 0 spiro atoms. The molecule has 1 aliphatic heterocycles. The third-order valence-electron chi connectivity index (χ3n) is 2.61. The molecular formula is C11H8F3NO2. The van der Waals surface area contributed by atoms with E-state index in [9.17, 15) is 22.8 Å². The molecule has 3 nitrogen and oxygen atoms in total. The fraction of sp³-hybridized carbons (Fsp3) is 0.273. The standard InChI is InChI=1S/C11H8F3NO2/c1-2-15-8-6(9(16)10(15)17)4-3-5-7(8)11(12,13)14/h3-5H,2H2,1H3. The molecule has 2 rings (SSSR count). The van der Waals surface area contributed by atoms with Gasteiger partial charge in [0.25, 0.3) is 11.7 Å². The van der Waals surface area contributed by atoms with Crippen molar-refractivity contribution >= 4 is 17.4 Å². The second kappa shape index (κ2) is 3.58. The Morgan fingerprint density at radius 1 is 1.24 bits per heavy atom. The minimum atomic E-state index is -4.58. The molecule has 0 saturated carbocycles. The fourth-order valence-corrected chi connectivity index (χ4v) is 1.89. The Morgan fingerprint density at radius 3 is 2.41 bits per heavy atom. The first-order valence-electron chi connectivity index (χ1n) is 4.94. The number of likely N-dealkylation sites (N-methyl/N-ethyl adjacent to an activating group) is 1. The zero-order valence-corrected chi connectivity index (χ0v) is 8.84. The number of amides is 1. The molecule has 0 aliphatic carbocycles. The molecule has 1 aliphatic rings. The minimum absolute atomic E-state index is 0.0324. The number of fused-ring (bicyclic) bond motifs is 1. The summed E-state index contributed by atoms with van der Waals surface area (Å²) in [5, 5.41) is 0. The summed E-state index contributed by atoms with van der Waals surface area (Å²) in [5.74, 6) is -1.79. The highest BCUT2D eigenvalue weighted by Gasteiger charge is 2.43. The van der Waals surface area contributed by atoms with Gasteiger partial charge in [-0.2, -0.15) is 13.2 Å². The number of carbonyl (C=O) groups excluding carboxylic acids is 2. The van der Waals surface area contributed by atoms with Crippen LogP contribution in [0, 0.1) is 0 Å². The van der Waals surface area contributed by atoms with Crippen molar-refractivity contribution in [2.45, 2.75) is 13.1 Å². The molecule has 0 aromatic heterocycles. The van der Waals surface area contributed by atoms with Crippen molar-refractivity contribution in [1.29, 1.82) is 0 Å². The van der Waals surface area contributed by atoms with E-state index in [-0.39, 0.29) is 17.8 Å². The van der Waals surface area contributed by atoms with Crippen LogP contribution in [0.4, 0.5) is 18.9 Å². The van der Waals surface area contributed by atoms with Crippen LogP contribution in [0.3, 0.4) is 0 Å². The molecule has 1 aromatic carbocycles. The number of rotatable bonds is 1. The number of alkyl halides is 3. The monoisotopic (exact) mass is 243 g/mol. The smallest absolute Gasteiger partial charge is 0.304 e. The molecule has 17 heavy (non-hydrogen) atoms. The zero-order chi connectivity index (χ0) is 12.8. The van der Waals surface area contributed by atoms with E-state index in [1.54, 1.807) is 0 Å². The first-order valence-corrected chi connectivity index (χ1v) is 4.94. The molecular weight excluding hydrogens is 235 g/mol. The molecule has 6 heteroatoms. The number of carbonyl (C=O) groups is 2. The Labute approximate surface area is 94.8 Å². The van der Waals surface area contributed by atoms with Crippen molar-refractivity contribution in [3.05, 3.63) is 29.3 Å². The van der Waals surface area contributed by atoms with Crippen molar-refractivity contribution in [3.8, 4) is 0 Å². The number of ketones is 1. The molecule has 0 atom stereocenters. The van der Waals surface area contributed by atoms with Gasteiger partial charge in [-0.05, 0) is 19.1 Å².